The average molecular weight is 420 g/mol. The topological polar surface area (TPSA) is 57.6 Å². The number of halogens is 2. The van der Waals surface area contributed by atoms with Crippen LogP contribution in [0.5, 0.6) is 0 Å². The molecule has 1 aliphatic carbocycles. The zero-order valence-corrected chi connectivity index (χ0v) is 14.2. The van der Waals surface area contributed by atoms with Gasteiger partial charge in [0.1, 0.15) is 6.04 Å². The normalized spacial score (nSPS) is 27.7. The van der Waals surface area contributed by atoms with E-state index in [1.165, 1.54) is 4.90 Å². The van der Waals surface area contributed by atoms with Gasteiger partial charge in [-0.25, -0.2) is 4.79 Å². The Morgan fingerprint density at radius 1 is 1.33 bits per heavy atom. The van der Waals surface area contributed by atoms with Crippen LogP contribution in [0.15, 0.2) is 18.2 Å². The number of benzene rings is 1. The first kappa shape index (κ1) is 15.1. The number of carbonyl (C=O) groups is 2. The third-order valence-corrected chi connectivity index (χ3v) is 5.74. The third kappa shape index (κ3) is 2.65. The van der Waals surface area contributed by atoms with Gasteiger partial charge in [0, 0.05) is 15.1 Å². The lowest BCUT2D eigenvalue weighted by Gasteiger charge is -2.25. The molecule has 112 valence electrons. The monoisotopic (exact) mass is 419 g/mol. The summed E-state index contributed by atoms with van der Waals surface area (Å²) in [5.74, 6) is -0.686. The molecule has 1 aromatic carbocycles. The van der Waals surface area contributed by atoms with Gasteiger partial charge in [0.15, 0.2) is 0 Å². The smallest absolute Gasteiger partial charge is 0.326 e. The van der Waals surface area contributed by atoms with Gasteiger partial charge in [-0.2, -0.15) is 0 Å². The van der Waals surface area contributed by atoms with Crippen molar-refractivity contribution in [3.05, 3.63) is 32.4 Å². The molecular formula is C15H15ClINO3. The van der Waals surface area contributed by atoms with Gasteiger partial charge in [-0.05, 0) is 65.5 Å². The second-order valence-corrected chi connectivity index (χ2v) is 7.32. The SMILES string of the molecule is O=C(O)C1C2CCCC2CN1C(=O)c1cc(Cl)ccc1I. The van der Waals surface area contributed by atoms with Crippen LogP contribution in [0, 0.1) is 15.4 Å². The van der Waals surface area contributed by atoms with Crippen molar-refractivity contribution in [1.82, 2.24) is 4.90 Å². The second kappa shape index (κ2) is 5.76. The van der Waals surface area contributed by atoms with Crippen molar-refractivity contribution in [2.45, 2.75) is 25.3 Å². The summed E-state index contributed by atoms with van der Waals surface area (Å²) in [7, 11) is 0. The van der Waals surface area contributed by atoms with Crippen molar-refractivity contribution in [3.63, 3.8) is 0 Å². The molecule has 1 amide bonds. The van der Waals surface area contributed by atoms with E-state index in [1.807, 2.05) is 0 Å². The van der Waals surface area contributed by atoms with Gasteiger partial charge in [0.05, 0.1) is 5.56 Å². The van der Waals surface area contributed by atoms with Gasteiger partial charge in [-0.15, -0.1) is 0 Å². The minimum absolute atomic E-state index is 0.100. The molecule has 1 aliphatic heterocycles. The molecule has 1 aromatic rings. The summed E-state index contributed by atoms with van der Waals surface area (Å²) in [4.78, 5) is 25.9. The van der Waals surface area contributed by atoms with Crippen LogP contribution < -0.4 is 0 Å². The van der Waals surface area contributed by atoms with Crippen LogP contribution in [-0.2, 0) is 4.79 Å². The quantitative estimate of drug-likeness (QED) is 0.749. The van der Waals surface area contributed by atoms with Gasteiger partial charge in [0.25, 0.3) is 5.91 Å². The number of hydrogen-bond donors (Lipinski definition) is 1. The Hall–Kier alpha value is -0.820. The fraction of sp³-hybridized carbons (Fsp3) is 0.467. The molecule has 6 heteroatoms. The second-order valence-electron chi connectivity index (χ2n) is 5.72. The minimum atomic E-state index is -0.894. The lowest BCUT2D eigenvalue weighted by molar-refractivity contribution is -0.142. The number of carboxylic acid groups (broad SMARTS) is 1. The van der Waals surface area contributed by atoms with Gasteiger partial charge in [0.2, 0.25) is 0 Å². The van der Waals surface area contributed by atoms with Gasteiger partial charge >= 0.3 is 5.97 Å². The zero-order chi connectivity index (χ0) is 15.1. The third-order valence-electron chi connectivity index (χ3n) is 4.56. The lowest BCUT2D eigenvalue weighted by Crippen LogP contribution is -2.43. The fourth-order valence-electron chi connectivity index (χ4n) is 3.65. The zero-order valence-electron chi connectivity index (χ0n) is 11.3. The van der Waals surface area contributed by atoms with Gasteiger partial charge < -0.3 is 10.0 Å². The highest BCUT2D eigenvalue weighted by Gasteiger charge is 2.49. The Balaban J connectivity index is 1.93. The molecule has 1 N–H and O–H groups in total. The molecule has 3 unspecified atom stereocenters. The number of likely N-dealkylation sites (tertiary alicyclic amines) is 1. The molecule has 0 aromatic heterocycles. The van der Waals surface area contributed by atoms with E-state index in [4.69, 9.17) is 11.6 Å². The highest BCUT2D eigenvalue weighted by Crippen LogP contribution is 2.43. The standard InChI is InChI=1S/C15H15ClINO3/c16-9-4-5-12(17)11(6-9)14(19)18-7-8-2-1-3-10(8)13(18)15(20)21/h4-6,8,10,13H,1-3,7H2,(H,20,21). The molecular weight excluding hydrogens is 405 g/mol. The van der Waals surface area contributed by atoms with Crippen LogP contribution in [0.25, 0.3) is 0 Å². The van der Waals surface area contributed by atoms with Crippen molar-refractivity contribution >= 4 is 46.1 Å². The van der Waals surface area contributed by atoms with Crippen molar-refractivity contribution in [3.8, 4) is 0 Å². The summed E-state index contributed by atoms with van der Waals surface area (Å²) < 4.78 is 0.795. The van der Waals surface area contributed by atoms with Crippen molar-refractivity contribution in [2.24, 2.45) is 11.8 Å². The molecule has 0 radical (unpaired) electrons. The van der Waals surface area contributed by atoms with Crippen molar-refractivity contribution in [2.75, 3.05) is 6.54 Å². The highest BCUT2D eigenvalue weighted by atomic mass is 127. The summed E-state index contributed by atoms with van der Waals surface area (Å²) in [5.41, 5.74) is 0.495. The predicted molar refractivity (Wildman–Crippen MR) is 87.5 cm³/mol. The number of carbonyl (C=O) groups excluding carboxylic acids is 1. The van der Waals surface area contributed by atoms with Gasteiger partial charge in [-0.3, -0.25) is 4.79 Å². The Bertz CT molecular complexity index is 607. The van der Waals surface area contributed by atoms with E-state index < -0.39 is 12.0 Å². The van der Waals surface area contributed by atoms with Crippen molar-refractivity contribution in [1.29, 1.82) is 0 Å². The molecule has 3 rings (SSSR count). The van der Waals surface area contributed by atoms with Crippen LogP contribution >= 0.6 is 34.2 Å². The molecule has 1 saturated carbocycles. The number of carboxylic acids is 1. The molecule has 1 saturated heterocycles. The van der Waals surface area contributed by atoms with E-state index in [1.54, 1.807) is 18.2 Å². The first-order chi connectivity index (χ1) is 9.99. The van der Waals surface area contributed by atoms with E-state index in [2.05, 4.69) is 22.6 Å². The summed E-state index contributed by atoms with van der Waals surface area (Å²) in [5, 5.41) is 10.0. The Morgan fingerprint density at radius 3 is 2.81 bits per heavy atom. The number of nitrogens with zero attached hydrogens (tertiary/aromatic N) is 1. The molecule has 2 aliphatic rings. The maximum atomic E-state index is 12.8. The number of aliphatic carboxylic acids is 1. The van der Waals surface area contributed by atoms with Crippen LogP contribution in [0.2, 0.25) is 5.02 Å². The predicted octanol–water partition coefficient (Wildman–Crippen LogP) is 3.27. The van der Waals surface area contributed by atoms with E-state index >= 15 is 0 Å². The summed E-state index contributed by atoms with van der Waals surface area (Å²) in [6, 6.07) is 4.44. The first-order valence-corrected chi connectivity index (χ1v) is 8.43. The van der Waals surface area contributed by atoms with Gasteiger partial charge in [-0.1, -0.05) is 18.0 Å². The number of fused-ring (bicyclic) bond motifs is 1. The van der Waals surface area contributed by atoms with Crippen LogP contribution in [0.3, 0.4) is 0 Å². The van der Waals surface area contributed by atoms with E-state index in [0.717, 1.165) is 22.8 Å². The van der Waals surface area contributed by atoms with E-state index in [9.17, 15) is 14.7 Å². The highest BCUT2D eigenvalue weighted by molar-refractivity contribution is 14.1. The number of hydrogen-bond acceptors (Lipinski definition) is 2. The van der Waals surface area contributed by atoms with E-state index in [0.29, 0.717) is 23.0 Å². The van der Waals surface area contributed by atoms with Crippen molar-refractivity contribution < 1.29 is 14.7 Å². The molecule has 0 bridgehead atoms. The number of rotatable bonds is 2. The lowest BCUT2D eigenvalue weighted by atomic mass is 9.94. The maximum absolute atomic E-state index is 12.8. The molecule has 0 spiro atoms. The molecule has 21 heavy (non-hydrogen) atoms. The molecule has 4 nitrogen and oxygen atoms in total. The Labute approximate surface area is 141 Å². The largest absolute Gasteiger partial charge is 0.480 e. The maximum Gasteiger partial charge on any atom is 0.326 e. The Morgan fingerprint density at radius 2 is 2.10 bits per heavy atom. The summed E-state index contributed by atoms with van der Waals surface area (Å²) in [6.45, 7) is 0.545. The number of amides is 1. The van der Waals surface area contributed by atoms with Crippen LogP contribution in [0.4, 0.5) is 0 Å². The summed E-state index contributed by atoms with van der Waals surface area (Å²) in [6.07, 6.45) is 2.98. The summed E-state index contributed by atoms with van der Waals surface area (Å²) >= 11 is 8.06. The fourth-order valence-corrected chi connectivity index (χ4v) is 4.39. The minimum Gasteiger partial charge on any atom is -0.480 e. The molecule has 3 atom stereocenters. The Kier molecular flexibility index (Phi) is 4.14. The van der Waals surface area contributed by atoms with E-state index in [-0.39, 0.29) is 11.8 Å². The van der Waals surface area contributed by atoms with Crippen LogP contribution in [-0.4, -0.2) is 34.5 Å². The first-order valence-electron chi connectivity index (χ1n) is 6.98. The molecule has 2 fully saturated rings. The molecule has 1 heterocycles. The average Bonchev–Trinajstić information content (AvgIpc) is 3.00. The van der Waals surface area contributed by atoms with Crippen LogP contribution in [0.1, 0.15) is 29.6 Å².